The number of nitrogens with zero attached hydrogens (tertiary/aromatic N) is 1. The summed E-state index contributed by atoms with van der Waals surface area (Å²) in [5, 5.41) is 4.28. The molecule has 1 heterocycles. The van der Waals surface area contributed by atoms with E-state index in [4.69, 9.17) is 4.84 Å². The van der Waals surface area contributed by atoms with E-state index in [9.17, 15) is 4.79 Å². The molecule has 1 aliphatic rings. The van der Waals surface area contributed by atoms with Crippen molar-refractivity contribution in [1.29, 1.82) is 0 Å². The van der Waals surface area contributed by atoms with Gasteiger partial charge in [-0.25, -0.2) is 4.79 Å². The smallest absolute Gasteiger partial charge is 0.317 e. The van der Waals surface area contributed by atoms with Crippen LogP contribution in [0.3, 0.4) is 0 Å². The second-order valence-electron chi connectivity index (χ2n) is 7.59. The molecule has 5 rings (SSSR count). The molecule has 0 radical (unpaired) electrons. The zero-order valence-electron chi connectivity index (χ0n) is 16.9. The first-order chi connectivity index (χ1) is 15.3. The first kappa shape index (κ1) is 19.0. The SMILES string of the molecule is O=C1ON=C(c2ccccc2)C1C(c1ccccc1)(c1ccccc1)c1ccccc1. The van der Waals surface area contributed by atoms with Gasteiger partial charge in [-0.3, -0.25) is 0 Å². The van der Waals surface area contributed by atoms with Gasteiger partial charge in [-0.2, -0.15) is 0 Å². The molecule has 1 atom stereocenters. The van der Waals surface area contributed by atoms with Gasteiger partial charge in [0.1, 0.15) is 11.6 Å². The quantitative estimate of drug-likeness (QED) is 0.321. The van der Waals surface area contributed by atoms with Crippen molar-refractivity contribution in [2.45, 2.75) is 5.41 Å². The third-order valence-corrected chi connectivity index (χ3v) is 5.93. The summed E-state index contributed by atoms with van der Waals surface area (Å²) < 4.78 is 0. The minimum Gasteiger partial charge on any atom is -0.317 e. The van der Waals surface area contributed by atoms with E-state index in [1.807, 2.05) is 84.9 Å². The topological polar surface area (TPSA) is 38.7 Å². The van der Waals surface area contributed by atoms with Gasteiger partial charge in [0.2, 0.25) is 0 Å². The molecule has 1 aliphatic heterocycles. The zero-order chi connectivity index (χ0) is 21.1. The average molecular weight is 403 g/mol. The molecule has 0 saturated heterocycles. The molecule has 3 heteroatoms. The Morgan fingerprint density at radius 3 is 1.39 bits per heavy atom. The average Bonchev–Trinajstić information content (AvgIpc) is 3.24. The molecular weight excluding hydrogens is 382 g/mol. The highest BCUT2D eigenvalue weighted by molar-refractivity contribution is 6.16. The van der Waals surface area contributed by atoms with Crippen LogP contribution >= 0.6 is 0 Å². The van der Waals surface area contributed by atoms with Crippen molar-refractivity contribution in [1.82, 2.24) is 0 Å². The van der Waals surface area contributed by atoms with Crippen LogP contribution in [0.5, 0.6) is 0 Å². The first-order valence-electron chi connectivity index (χ1n) is 10.3. The van der Waals surface area contributed by atoms with Crippen molar-refractivity contribution in [3.05, 3.63) is 144 Å². The predicted molar refractivity (Wildman–Crippen MR) is 122 cm³/mol. The van der Waals surface area contributed by atoms with Crippen molar-refractivity contribution in [2.75, 3.05) is 0 Å². The zero-order valence-corrected chi connectivity index (χ0v) is 16.9. The fourth-order valence-corrected chi connectivity index (χ4v) is 4.62. The monoisotopic (exact) mass is 403 g/mol. The summed E-state index contributed by atoms with van der Waals surface area (Å²) in [4.78, 5) is 18.7. The third-order valence-electron chi connectivity index (χ3n) is 5.93. The van der Waals surface area contributed by atoms with Gasteiger partial charge in [0, 0.05) is 5.56 Å². The molecule has 1 unspecified atom stereocenters. The lowest BCUT2D eigenvalue weighted by Crippen LogP contribution is -2.44. The molecule has 3 nitrogen and oxygen atoms in total. The van der Waals surface area contributed by atoms with E-state index in [2.05, 4.69) is 41.6 Å². The molecular formula is C28H21NO2. The summed E-state index contributed by atoms with van der Waals surface area (Å²) in [5.41, 5.74) is 3.76. The lowest BCUT2D eigenvalue weighted by atomic mass is 9.60. The van der Waals surface area contributed by atoms with Crippen molar-refractivity contribution in [3.8, 4) is 0 Å². The van der Waals surface area contributed by atoms with Gasteiger partial charge in [-0.15, -0.1) is 0 Å². The Morgan fingerprint density at radius 1 is 0.581 bits per heavy atom. The molecule has 150 valence electrons. The molecule has 0 fully saturated rings. The van der Waals surface area contributed by atoms with Gasteiger partial charge in [0.05, 0.1) is 5.41 Å². The number of rotatable bonds is 5. The van der Waals surface area contributed by atoms with Gasteiger partial charge in [-0.05, 0) is 16.7 Å². The Morgan fingerprint density at radius 2 is 0.968 bits per heavy atom. The summed E-state index contributed by atoms with van der Waals surface area (Å²) in [6, 6.07) is 40.3. The maximum atomic E-state index is 13.4. The fraction of sp³-hybridized carbons (Fsp3) is 0.0714. The molecule has 0 aliphatic carbocycles. The van der Waals surface area contributed by atoms with Gasteiger partial charge in [0.25, 0.3) is 0 Å². The van der Waals surface area contributed by atoms with E-state index < -0.39 is 11.3 Å². The van der Waals surface area contributed by atoms with Crippen LogP contribution in [0, 0.1) is 5.92 Å². The Bertz CT molecular complexity index is 1110. The van der Waals surface area contributed by atoms with E-state index in [1.54, 1.807) is 0 Å². The molecule has 0 saturated carbocycles. The van der Waals surface area contributed by atoms with E-state index >= 15 is 0 Å². The number of benzene rings is 4. The van der Waals surface area contributed by atoms with Crippen molar-refractivity contribution >= 4 is 11.7 Å². The fourth-order valence-electron chi connectivity index (χ4n) is 4.62. The van der Waals surface area contributed by atoms with Crippen molar-refractivity contribution in [2.24, 2.45) is 11.1 Å². The van der Waals surface area contributed by atoms with Gasteiger partial charge >= 0.3 is 5.97 Å². The van der Waals surface area contributed by atoms with E-state index in [0.29, 0.717) is 5.71 Å². The second-order valence-corrected chi connectivity index (χ2v) is 7.59. The normalized spacial score (nSPS) is 15.9. The first-order valence-corrected chi connectivity index (χ1v) is 10.3. The maximum absolute atomic E-state index is 13.4. The number of hydrogen-bond donors (Lipinski definition) is 0. The molecule has 31 heavy (non-hydrogen) atoms. The van der Waals surface area contributed by atoms with Crippen LogP contribution in [0.4, 0.5) is 0 Å². The van der Waals surface area contributed by atoms with Gasteiger partial charge < -0.3 is 4.84 Å². The van der Waals surface area contributed by atoms with Crippen LogP contribution in [0.1, 0.15) is 22.3 Å². The predicted octanol–water partition coefficient (Wildman–Crippen LogP) is 5.60. The van der Waals surface area contributed by atoms with E-state index in [-0.39, 0.29) is 5.97 Å². The highest BCUT2D eigenvalue weighted by atomic mass is 16.7. The van der Waals surface area contributed by atoms with Crippen LogP contribution in [0.15, 0.2) is 126 Å². The van der Waals surface area contributed by atoms with Gasteiger partial charge in [0.15, 0.2) is 0 Å². The molecule has 0 amide bonds. The molecule has 4 aromatic carbocycles. The molecule has 4 aromatic rings. The van der Waals surface area contributed by atoms with E-state index in [0.717, 1.165) is 22.3 Å². The minimum atomic E-state index is -0.800. The van der Waals surface area contributed by atoms with Crippen molar-refractivity contribution in [3.63, 3.8) is 0 Å². The standard InChI is InChI=1S/C28H21NO2/c30-27-25(26(29-31-27)21-13-5-1-6-14-21)28(22-15-7-2-8-16-22,23-17-9-3-10-18-23)24-19-11-4-12-20-24/h1-20,25H. The van der Waals surface area contributed by atoms with E-state index in [1.165, 1.54) is 0 Å². The summed E-state index contributed by atoms with van der Waals surface area (Å²) in [6.45, 7) is 0. The number of carbonyl (C=O) groups is 1. The van der Waals surface area contributed by atoms with Crippen LogP contribution in [-0.4, -0.2) is 11.7 Å². The lowest BCUT2D eigenvalue weighted by Gasteiger charge is -2.39. The van der Waals surface area contributed by atoms with Crippen molar-refractivity contribution < 1.29 is 9.63 Å². The molecule has 0 bridgehead atoms. The molecule has 0 spiro atoms. The Labute approximate surface area is 181 Å². The summed E-state index contributed by atoms with van der Waals surface area (Å²) in [5.74, 6) is -0.988. The van der Waals surface area contributed by atoms with Crippen LogP contribution < -0.4 is 0 Å². The Hall–Kier alpha value is -3.98. The van der Waals surface area contributed by atoms with Crippen LogP contribution in [0.2, 0.25) is 0 Å². The summed E-state index contributed by atoms with van der Waals surface area (Å²) in [7, 11) is 0. The number of oxime groups is 1. The lowest BCUT2D eigenvalue weighted by molar-refractivity contribution is -0.144. The Kier molecular flexibility index (Phi) is 4.93. The summed E-state index contributed by atoms with van der Waals surface area (Å²) in [6.07, 6.45) is 0. The highest BCUT2D eigenvalue weighted by Crippen LogP contribution is 2.48. The highest BCUT2D eigenvalue weighted by Gasteiger charge is 2.53. The molecule has 0 aromatic heterocycles. The minimum absolute atomic E-state index is 0.351. The Balaban J connectivity index is 1.86. The summed E-state index contributed by atoms with van der Waals surface area (Å²) >= 11 is 0. The van der Waals surface area contributed by atoms with Crippen LogP contribution in [0.25, 0.3) is 0 Å². The number of hydrogen-bond acceptors (Lipinski definition) is 3. The largest absolute Gasteiger partial charge is 0.345 e. The van der Waals surface area contributed by atoms with Gasteiger partial charge in [-0.1, -0.05) is 126 Å². The second kappa shape index (κ2) is 8.04. The third kappa shape index (κ3) is 3.15. The molecule has 0 N–H and O–H groups in total. The maximum Gasteiger partial charge on any atom is 0.345 e. The van der Waals surface area contributed by atoms with Crippen LogP contribution in [-0.2, 0) is 15.0 Å². The number of carbonyl (C=O) groups excluding carboxylic acids is 1.